The Labute approximate surface area is 118 Å². The number of nitrogens with one attached hydrogen (secondary N) is 1. The summed E-state index contributed by atoms with van der Waals surface area (Å²) in [5, 5.41) is 3.47. The molecule has 20 heavy (non-hydrogen) atoms. The summed E-state index contributed by atoms with van der Waals surface area (Å²) in [5.74, 6) is 0. The zero-order valence-electron chi connectivity index (χ0n) is 11.5. The normalized spacial score (nSPS) is 21.6. The Morgan fingerprint density at radius 3 is 2.65 bits per heavy atom. The SMILES string of the molecule is FC(F)(F)CCCN1CCCNC(c2ccccc2)C1. The molecule has 1 aliphatic rings. The summed E-state index contributed by atoms with van der Waals surface area (Å²) in [7, 11) is 0. The predicted octanol–water partition coefficient (Wildman–Crippen LogP) is 3.37. The summed E-state index contributed by atoms with van der Waals surface area (Å²) in [6.07, 6.45) is -3.56. The van der Waals surface area contributed by atoms with Crippen molar-refractivity contribution in [2.45, 2.75) is 31.5 Å². The smallest absolute Gasteiger partial charge is 0.309 e. The maximum Gasteiger partial charge on any atom is 0.389 e. The van der Waals surface area contributed by atoms with Crippen LogP contribution < -0.4 is 5.32 Å². The number of hydrogen-bond donors (Lipinski definition) is 1. The van der Waals surface area contributed by atoms with Gasteiger partial charge in [0.1, 0.15) is 0 Å². The molecule has 0 bridgehead atoms. The van der Waals surface area contributed by atoms with Crippen LogP contribution in [0.2, 0.25) is 0 Å². The van der Waals surface area contributed by atoms with Crippen molar-refractivity contribution < 1.29 is 13.2 Å². The Morgan fingerprint density at radius 2 is 1.95 bits per heavy atom. The molecule has 1 atom stereocenters. The van der Waals surface area contributed by atoms with Crippen molar-refractivity contribution in [2.75, 3.05) is 26.2 Å². The third-order valence-electron chi connectivity index (χ3n) is 3.62. The Bertz CT molecular complexity index is 392. The molecule has 112 valence electrons. The average molecular weight is 286 g/mol. The van der Waals surface area contributed by atoms with Crippen molar-refractivity contribution in [3.05, 3.63) is 35.9 Å². The van der Waals surface area contributed by atoms with Crippen LogP contribution in [0.3, 0.4) is 0 Å². The Morgan fingerprint density at radius 1 is 1.20 bits per heavy atom. The molecule has 0 aliphatic carbocycles. The van der Waals surface area contributed by atoms with Crippen LogP contribution in [-0.2, 0) is 0 Å². The van der Waals surface area contributed by atoms with Crippen LogP contribution in [0.4, 0.5) is 13.2 Å². The summed E-state index contributed by atoms with van der Waals surface area (Å²) in [6, 6.07) is 10.3. The summed E-state index contributed by atoms with van der Waals surface area (Å²) < 4.78 is 36.6. The van der Waals surface area contributed by atoms with Crippen LogP contribution in [0.15, 0.2) is 30.3 Å². The molecule has 1 heterocycles. The summed E-state index contributed by atoms with van der Waals surface area (Å²) in [6.45, 7) is 3.08. The minimum Gasteiger partial charge on any atom is -0.309 e. The Balaban J connectivity index is 1.87. The summed E-state index contributed by atoms with van der Waals surface area (Å²) in [5.41, 5.74) is 1.20. The number of hydrogen-bond acceptors (Lipinski definition) is 2. The summed E-state index contributed by atoms with van der Waals surface area (Å²) in [4.78, 5) is 2.14. The molecule has 5 heteroatoms. The van der Waals surface area contributed by atoms with Crippen molar-refractivity contribution in [1.82, 2.24) is 10.2 Å². The molecule has 1 aromatic carbocycles. The van der Waals surface area contributed by atoms with E-state index >= 15 is 0 Å². The lowest BCUT2D eigenvalue weighted by Crippen LogP contribution is -2.32. The van der Waals surface area contributed by atoms with E-state index in [-0.39, 0.29) is 12.5 Å². The highest BCUT2D eigenvalue weighted by Crippen LogP contribution is 2.22. The van der Waals surface area contributed by atoms with Crippen LogP contribution in [0, 0.1) is 0 Å². The van der Waals surface area contributed by atoms with Gasteiger partial charge >= 0.3 is 6.18 Å². The number of nitrogens with zero attached hydrogens (tertiary/aromatic N) is 1. The summed E-state index contributed by atoms with van der Waals surface area (Å²) >= 11 is 0. The van der Waals surface area contributed by atoms with E-state index in [9.17, 15) is 13.2 Å². The second-order valence-corrected chi connectivity index (χ2v) is 5.29. The minimum atomic E-state index is -4.04. The second-order valence-electron chi connectivity index (χ2n) is 5.29. The molecule has 1 N–H and O–H groups in total. The van der Waals surface area contributed by atoms with Crippen LogP contribution in [0.1, 0.15) is 30.9 Å². The Hall–Kier alpha value is -1.07. The fourth-order valence-electron chi connectivity index (χ4n) is 2.61. The first kappa shape index (κ1) is 15.3. The highest BCUT2D eigenvalue weighted by Gasteiger charge is 2.27. The predicted molar refractivity (Wildman–Crippen MR) is 73.5 cm³/mol. The zero-order chi connectivity index (χ0) is 14.4. The maximum atomic E-state index is 12.2. The topological polar surface area (TPSA) is 15.3 Å². The van der Waals surface area contributed by atoms with Gasteiger partial charge in [0.05, 0.1) is 0 Å². The molecule has 1 aliphatic heterocycles. The number of benzene rings is 1. The lowest BCUT2D eigenvalue weighted by Gasteiger charge is -2.24. The van der Waals surface area contributed by atoms with E-state index in [1.807, 2.05) is 18.2 Å². The highest BCUT2D eigenvalue weighted by molar-refractivity contribution is 5.19. The van der Waals surface area contributed by atoms with Gasteiger partial charge in [-0.1, -0.05) is 30.3 Å². The molecule has 0 spiro atoms. The lowest BCUT2D eigenvalue weighted by molar-refractivity contribution is -0.136. The zero-order valence-corrected chi connectivity index (χ0v) is 11.5. The van der Waals surface area contributed by atoms with Gasteiger partial charge in [-0.3, -0.25) is 0 Å². The van der Waals surface area contributed by atoms with Crippen LogP contribution in [-0.4, -0.2) is 37.3 Å². The molecule has 0 amide bonds. The van der Waals surface area contributed by atoms with Crippen LogP contribution >= 0.6 is 0 Å². The quantitative estimate of drug-likeness (QED) is 0.913. The largest absolute Gasteiger partial charge is 0.389 e. The second kappa shape index (κ2) is 7.09. The molecule has 1 saturated heterocycles. The van der Waals surface area contributed by atoms with Crippen molar-refractivity contribution >= 4 is 0 Å². The maximum absolute atomic E-state index is 12.2. The van der Waals surface area contributed by atoms with E-state index in [0.717, 1.165) is 26.1 Å². The van der Waals surface area contributed by atoms with Crippen LogP contribution in [0.25, 0.3) is 0 Å². The van der Waals surface area contributed by atoms with Crippen LogP contribution in [0.5, 0.6) is 0 Å². The van der Waals surface area contributed by atoms with Gasteiger partial charge in [-0.15, -0.1) is 0 Å². The van der Waals surface area contributed by atoms with Crippen molar-refractivity contribution in [1.29, 1.82) is 0 Å². The van der Waals surface area contributed by atoms with Gasteiger partial charge in [-0.25, -0.2) is 0 Å². The van der Waals surface area contributed by atoms with Gasteiger partial charge in [0.2, 0.25) is 0 Å². The van der Waals surface area contributed by atoms with Crippen molar-refractivity contribution in [3.63, 3.8) is 0 Å². The van der Waals surface area contributed by atoms with E-state index in [0.29, 0.717) is 6.54 Å². The van der Waals surface area contributed by atoms with E-state index in [1.165, 1.54) is 5.56 Å². The first-order chi connectivity index (χ1) is 9.54. The molecule has 1 fully saturated rings. The van der Waals surface area contributed by atoms with Gasteiger partial charge < -0.3 is 10.2 Å². The van der Waals surface area contributed by atoms with Gasteiger partial charge in [0, 0.05) is 19.0 Å². The number of halogens is 3. The van der Waals surface area contributed by atoms with Gasteiger partial charge in [0.25, 0.3) is 0 Å². The molecule has 2 nitrogen and oxygen atoms in total. The fraction of sp³-hybridized carbons (Fsp3) is 0.600. The molecule has 1 aromatic rings. The number of rotatable bonds is 4. The lowest BCUT2D eigenvalue weighted by atomic mass is 10.1. The van der Waals surface area contributed by atoms with Crippen molar-refractivity contribution in [3.8, 4) is 0 Å². The van der Waals surface area contributed by atoms with Gasteiger partial charge in [-0.2, -0.15) is 13.2 Å². The first-order valence-corrected chi connectivity index (χ1v) is 7.12. The van der Waals surface area contributed by atoms with E-state index in [1.54, 1.807) is 0 Å². The van der Waals surface area contributed by atoms with Gasteiger partial charge in [0.15, 0.2) is 0 Å². The molecule has 0 radical (unpaired) electrons. The highest BCUT2D eigenvalue weighted by atomic mass is 19.4. The molecular formula is C15H21F3N2. The molecule has 0 saturated carbocycles. The fourth-order valence-corrected chi connectivity index (χ4v) is 2.61. The van der Waals surface area contributed by atoms with E-state index < -0.39 is 12.6 Å². The minimum absolute atomic E-state index is 0.186. The van der Waals surface area contributed by atoms with E-state index in [4.69, 9.17) is 0 Å². The first-order valence-electron chi connectivity index (χ1n) is 7.12. The standard InChI is InChI=1S/C15H21F3N2/c16-15(17,18)8-4-10-20-11-5-9-19-14(12-20)13-6-2-1-3-7-13/h1-3,6-7,14,19H,4-5,8-12H2. The molecule has 0 aromatic heterocycles. The van der Waals surface area contributed by atoms with Gasteiger partial charge in [-0.05, 0) is 38.0 Å². The van der Waals surface area contributed by atoms with Crippen molar-refractivity contribution in [2.24, 2.45) is 0 Å². The Kier molecular flexibility index (Phi) is 5.43. The third kappa shape index (κ3) is 5.13. The van der Waals surface area contributed by atoms with E-state index in [2.05, 4.69) is 22.3 Å². The number of alkyl halides is 3. The monoisotopic (exact) mass is 286 g/mol. The molecular weight excluding hydrogens is 265 g/mol. The average Bonchev–Trinajstić information content (AvgIpc) is 2.64. The molecule has 1 unspecified atom stereocenters. The molecule has 2 rings (SSSR count). The third-order valence-corrected chi connectivity index (χ3v) is 3.62.